The Hall–Kier alpha value is -2.14. The lowest BCUT2D eigenvalue weighted by molar-refractivity contribution is 0.0753. The van der Waals surface area contributed by atoms with Gasteiger partial charge in [0, 0.05) is 32.4 Å². The van der Waals surface area contributed by atoms with Gasteiger partial charge in [-0.2, -0.15) is 5.10 Å². The van der Waals surface area contributed by atoms with Crippen LogP contribution in [-0.4, -0.2) is 58.2 Å². The van der Waals surface area contributed by atoms with Gasteiger partial charge in [0.2, 0.25) is 0 Å². The Morgan fingerprint density at radius 1 is 0.926 bits per heavy atom. The average Bonchev–Trinajstić information content (AvgIpc) is 3.10. The molecule has 2 aromatic rings. The Morgan fingerprint density at radius 3 is 2.56 bits per heavy atom. The number of nitrogens with zero attached hydrogens (tertiary/aromatic N) is 4. The maximum Gasteiger partial charge on any atom is 0.274 e. The van der Waals surface area contributed by atoms with Crippen LogP contribution in [0, 0.1) is 5.92 Å². The van der Waals surface area contributed by atoms with Crippen molar-refractivity contribution in [1.29, 1.82) is 0 Å². The highest BCUT2D eigenvalue weighted by atomic mass is 16.2. The SMILES string of the molecule is O=C(c1ccn(-c2ccccc2)n1)N1CCCN(CC2CCCCC2)CC1. The van der Waals surface area contributed by atoms with Gasteiger partial charge in [-0.25, -0.2) is 4.68 Å². The van der Waals surface area contributed by atoms with Gasteiger partial charge in [-0.3, -0.25) is 4.79 Å². The molecule has 1 aromatic carbocycles. The summed E-state index contributed by atoms with van der Waals surface area (Å²) in [5.74, 6) is 0.923. The van der Waals surface area contributed by atoms with Crippen LogP contribution in [0.1, 0.15) is 49.0 Å². The number of carbonyl (C=O) groups is 1. The molecule has 1 saturated heterocycles. The van der Waals surface area contributed by atoms with Crippen molar-refractivity contribution < 1.29 is 4.79 Å². The molecule has 2 fully saturated rings. The molecular weight excluding hydrogens is 336 g/mol. The maximum atomic E-state index is 12.9. The van der Waals surface area contributed by atoms with E-state index in [-0.39, 0.29) is 5.91 Å². The summed E-state index contributed by atoms with van der Waals surface area (Å²) in [4.78, 5) is 17.5. The lowest BCUT2D eigenvalue weighted by atomic mass is 9.89. The van der Waals surface area contributed by atoms with Crippen molar-refractivity contribution in [2.75, 3.05) is 32.7 Å². The first-order valence-electron chi connectivity index (χ1n) is 10.4. The van der Waals surface area contributed by atoms with Crippen LogP contribution in [0.5, 0.6) is 0 Å². The number of rotatable bonds is 4. The molecule has 5 heteroatoms. The Balaban J connectivity index is 1.35. The van der Waals surface area contributed by atoms with Gasteiger partial charge in [0.05, 0.1) is 5.69 Å². The van der Waals surface area contributed by atoms with Crippen molar-refractivity contribution in [2.45, 2.75) is 38.5 Å². The smallest absolute Gasteiger partial charge is 0.274 e. The van der Waals surface area contributed by atoms with Crippen LogP contribution in [0.2, 0.25) is 0 Å². The molecule has 2 aliphatic rings. The number of carbonyl (C=O) groups excluding carboxylic acids is 1. The molecule has 2 heterocycles. The fourth-order valence-corrected chi connectivity index (χ4v) is 4.42. The van der Waals surface area contributed by atoms with E-state index in [2.05, 4.69) is 10.00 Å². The van der Waals surface area contributed by atoms with Gasteiger partial charge in [0.15, 0.2) is 5.69 Å². The summed E-state index contributed by atoms with van der Waals surface area (Å²) in [6.45, 7) is 4.95. The first-order chi connectivity index (χ1) is 13.3. The van der Waals surface area contributed by atoms with Gasteiger partial charge in [0.1, 0.15) is 0 Å². The first kappa shape index (κ1) is 18.2. The van der Waals surface area contributed by atoms with E-state index in [9.17, 15) is 4.79 Å². The fourth-order valence-electron chi connectivity index (χ4n) is 4.42. The second-order valence-corrected chi connectivity index (χ2v) is 7.93. The van der Waals surface area contributed by atoms with Gasteiger partial charge < -0.3 is 9.80 Å². The molecule has 1 amide bonds. The van der Waals surface area contributed by atoms with Crippen molar-refractivity contribution in [1.82, 2.24) is 19.6 Å². The minimum atomic E-state index is 0.0594. The highest BCUT2D eigenvalue weighted by Crippen LogP contribution is 2.24. The minimum absolute atomic E-state index is 0.0594. The molecular formula is C22H30N4O. The third-order valence-corrected chi connectivity index (χ3v) is 5.95. The summed E-state index contributed by atoms with van der Waals surface area (Å²) >= 11 is 0. The van der Waals surface area contributed by atoms with Gasteiger partial charge in [0.25, 0.3) is 5.91 Å². The van der Waals surface area contributed by atoms with E-state index in [1.54, 1.807) is 4.68 Å². The normalized spacial score (nSPS) is 19.8. The molecule has 0 spiro atoms. The summed E-state index contributed by atoms with van der Waals surface area (Å²) in [5.41, 5.74) is 1.52. The number of para-hydroxylation sites is 1. The van der Waals surface area contributed by atoms with Gasteiger partial charge in [-0.05, 0) is 49.9 Å². The molecule has 1 aromatic heterocycles. The van der Waals surface area contributed by atoms with Gasteiger partial charge in [-0.15, -0.1) is 0 Å². The fraction of sp³-hybridized carbons (Fsp3) is 0.545. The average molecular weight is 367 g/mol. The monoisotopic (exact) mass is 366 g/mol. The zero-order chi connectivity index (χ0) is 18.5. The summed E-state index contributed by atoms with van der Waals surface area (Å²) in [7, 11) is 0. The van der Waals surface area contributed by atoms with Crippen LogP contribution in [0.4, 0.5) is 0 Å². The molecule has 1 aliphatic carbocycles. The quantitative estimate of drug-likeness (QED) is 0.830. The highest BCUT2D eigenvalue weighted by Gasteiger charge is 2.24. The zero-order valence-corrected chi connectivity index (χ0v) is 16.1. The van der Waals surface area contributed by atoms with Gasteiger partial charge in [-0.1, -0.05) is 37.5 Å². The van der Waals surface area contributed by atoms with E-state index in [1.165, 1.54) is 38.6 Å². The standard InChI is InChI=1S/C22H30N4O/c27-22(21-12-15-26(23-21)20-10-5-2-6-11-20)25-14-7-13-24(16-17-25)18-19-8-3-1-4-9-19/h2,5-6,10-12,15,19H,1,3-4,7-9,13-14,16-18H2. The summed E-state index contributed by atoms with van der Waals surface area (Å²) < 4.78 is 1.78. The first-order valence-corrected chi connectivity index (χ1v) is 10.4. The van der Waals surface area contributed by atoms with Crippen LogP contribution >= 0.6 is 0 Å². The number of aromatic nitrogens is 2. The van der Waals surface area contributed by atoms with E-state index >= 15 is 0 Å². The minimum Gasteiger partial charge on any atom is -0.336 e. The Morgan fingerprint density at radius 2 is 1.74 bits per heavy atom. The Bertz CT molecular complexity index is 736. The third-order valence-electron chi connectivity index (χ3n) is 5.95. The largest absolute Gasteiger partial charge is 0.336 e. The number of benzene rings is 1. The Kier molecular flexibility index (Phi) is 5.87. The third kappa shape index (κ3) is 4.59. The predicted octanol–water partition coefficient (Wildman–Crippen LogP) is 3.60. The van der Waals surface area contributed by atoms with E-state index in [4.69, 9.17) is 0 Å². The van der Waals surface area contributed by atoms with Crippen LogP contribution in [0.15, 0.2) is 42.6 Å². The van der Waals surface area contributed by atoms with Crippen LogP contribution < -0.4 is 0 Å². The van der Waals surface area contributed by atoms with E-state index < -0.39 is 0 Å². The Labute approximate surface area is 162 Å². The predicted molar refractivity (Wildman–Crippen MR) is 107 cm³/mol. The number of hydrogen-bond donors (Lipinski definition) is 0. The molecule has 0 bridgehead atoms. The molecule has 144 valence electrons. The van der Waals surface area contributed by atoms with Crippen LogP contribution in [-0.2, 0) is 0 Å². The van der Waals surface area contributed by atoms with Crippen molar-refractivity contribution in [3.05, 3.63) is 48.3 Å². The summed E-state index contributed by atoms with van der Waals surface area (Å²) in [6.07, 6.45) is 9.90. The van der Waals surface area contributed by atoms with Crippen molar-refractivity contribution >= 4 is 5.91 Å². The molecule has 0 unspecified atom stereocenters. The van der Waals surface area contributed by atoms with E-state index in [1.807, 2.05) is 47.5 Å². The summed E-state index contributed by atoms with van der Waals surface area (Å²) in [5, 5.41) is 4.51. The lowest BCUT2D eigenvalue weighted by Gasteiger charge is -2.28. The molecule has 0 radical (unpaired) electrons. The van der Waals surface area contributed by atoms with E-state index in [0.29, 0.717) is 5.69 Å². The second-order valence-electron chi connectivity index (χ2n) is 7.93. The van der Waals surface area contributed by atoms with Crippen LogP contribution in [0.3, 0.4) is 0 Å². The van der Waals surface area contributed by atoms with Gasteiger partial charge >= 0.3 is 0 Å². The van der Waals surface area contributed by atoms with Crippen molar-refractivity contribution in [3.8, 4) is 5.69 Å². The molecule has 1 saturated carbocycles. The molecule has 0 atom stereocenters. The molecule has 5 nitrogen and oxygen atoms in total. The van der Waals surface area contributed by atoms with Crippen molar-refractivity contribution in [2.24, 2.45) is 5.92 Å². The maximum absolute atomic E-state index is 12.9. The van der Waals surface area contributed by atoms with Crippen LogP contribution in [0.25, 0.3) is 5.69 Å². The zero-order valence-electron chi connectivity index (χ0n) is 16.1. The molecule has 0 N–H and O–H groups in total. The van der Waals surface area contributed by atoms with Crippen molar-refractivity contribution in [3.63, 3.8) is 0 Å². The van der Waals surface area contributed by atoms with E-state index in [0.717, 1.165) is 44.2 Å². The number of amides is 1. The topological polar surface area (TPSA) is 41.4 Å². The molecule has 1 aliphatic heterocycles. The number of hydrogen-bond acceptors (Lipinski definition) is 3. The second kappa shape index (κ2) is 8.70. The lowest BCUT2D eigenvalue weighted by Crippen LogP contribution is -2.37. The molecule has 27 heavy (non-hydrogen) atoms. The highest BCUT2D eigenvalue weighted by molar-refractivity contribution is 5.92. The summed E-state index contributed by atoms with van der Waals surface area (Å²) in [6, 6.07) is 11.8. The molecule has 4 rings (SSSR count).